The first kappa shape index (κ1) is 15.0. The van der Waals surface area contributed by atoms with Crippen molar-refractivity contribution in [2.24, 2.45) is 5.92 Å². The number of rotatable bonds is 4. The predicted molar refractivity (Wildman–Crippen MR) is 82.3 cm³/mol. The van der Waals surface area contributed by atoms with Gasteiger partial charge in [0, 0.05) is 25.2 Å². The SMILES string of the molecule is CCCNc1nc(C)nc(N2CCC(C)C(O)C2)c1C. The molecule has 0 saturated carbocycles. The molecule has 20 heavy (non-hydrogen) atoms. The fourth-order valence-electron chi connectivity index (χ4n) is 2.58. The molecule has 1 aromatic rings. The third-order valence-corrected chi connectivity index (χ3v) is 3.99. The van der Waals surface area contributed by atoms with Crippen molar-refractivity contribution in [2.75, 3.05) is 29.9 Å². The van der Waals surface area contributed by atoms with Gasteiger partial charge in [0.05, 0.1) is 6.10 Å². The zero-order valence-electron chi connectivity index (χ0n) is 13.0. The molecule has 2 unspecified atom stereocenters. The van der Waals surface area contributed by atoms with Crippen LogP contribution in [0.5, 0.6) is 0 Å². The Morgan fingerprint density at radius 3 is 2.75 bits per heavy atom. The van der Waals surface area contributed by atoms with Gasteiger partial charge in [-0.2, -0.15) is 0 Å². The average molecular weight is 278 g/mol. The molecule has 1 aromatic heterocycles. The molecule has 5 heteroatoms. The molecule has 0 bridgehead atoms. The monoisotopic (exact) mass is 278 g/mol. The van der Waals surface area contributed by atoms with Gasteiger partial charge in [-0.25, -0.2) is 9.97 Å². The summed E-state index contributed by atoms with van der Waals surface area (Å²) in [5, 5.41) is 13.4. The summed E-state index contributed by atoms with van der Waals surface area (Å²) in [5.74, 6) is 3.02. The third-order valence-electron chi connectivity index (χ3n) is 3.99. The number of hydrogen-bond donors (Lipinski definition) is 2. The Morgan fingerprint density at radius 2 is 2.10 bits per heavy atom. The van der Waals surface area contributed by atoms with E-state index in [1.54, 1.807) is 0 Å². The largest absolute Gasteiger partial charge is 0.391 e. The summed E-state index contributed by atoms with van der Waals surface area (Å²) in [6.07, 6.45) is 1.80. The first-order chi connectivity index (χ1) is 9.52. The molecule has 1 aliphatic rings. The fourth-order valence-corrected chi connectivity index (χ4v) is 2.58. The number of aryl methyl sites for hydroxylation is 1. The highest BCUT2D eigenvalue weighted by molar-refractivity contribution is 5.59. The number of nitrogens with zero attached hydrogens (tertiary/aromatic N) is 3. The first-order valence-electron chi connectivity index (χ1n) is 7.55. The topological polar surface area (TPSA) is 61.3 Å². The highest BCUT2D eigenvalue weighted by Gasteiger charge is 2.26. The van der Waals surface area contributed by atoms with Gasteiger partial charge in [0.15, 0.2) is 0 Å². The number of β-amino-alcohol motifs (C(OH)–C–C–N with tert-alkyl or cyclic N) is 1. The van der Waals surface area contributed by atoms with Crippen molar-refractivity contribution in [1.82, 2.24) is 9.97 Å². The summed E-state index contributed by atoms with van der Waals surface area (Å²) in [5.41, 5.74) is 1.07. The molecule has 2 heterocycles. The summed E-state index contributed by atoms with van der Waals surface area (Å²) < 4.78 is 0. The van der Waals surface area contributed by atoms with Crippen LogP contribution in [0.4, 0.5) is 11.6 Å². The lowest BCUT2D eigenvalue weighted by Gasteiger charge is -2.36. The molecular formula is C15H26N4O. The highest BCUT2D eigenvalue weighted by Crippen LogP contribution is 2.27. The minimum Gasteiger partial charge on any atom is -0.391 e. The highest BCUT2D eigenvalue weighted by atomic mass is 16.3. The molecule has 0 aliphatic carbocycles. The van der Waals surface area contributed by atoms with Crippen LogP contribution in [0.2, 0.25) is 0 Å². The molecule has 2 rings (SSSR count). The van der Waals surface area contributed by atoms with E-state index in [1.807, 2.05) is 6.92 Å². The van der Waals surface area contributed by atoms with Crippen molar-refractivity contribution >= 4 is 11.6 Å². The van der Waals surface area contributed by atoms with Gasteiger partial charge < -0.3 is 15.3 Å². The standard InChI is InChI=1S/C15H26N4O/c1-5-7-16-14-11(3)15(18-12(4)17-14)19-8-6-10(2)13(20)9-19/h10,13,20H,5-9H2,1-4H3,(H,16,17,18). The van der Waals surface area contributed by atoms with Crippen molar-refractivity contribution < 1.29 is 5.11 Å². The van der Waals surface area contributed by atoms with Crippen molar-refractivity contribution in [3.8, 4) is 0 Å². The molecule has 1 saturated heterocycles. The quantitative estimate of drug-likeness (QED) is 0.883. The molecule has 0 spiro atoms. The number of aromatic nitrogens is 2. The second-order valence-electron chi connectivity index (χ2n) is 5.77. The van der Waals surface area contributed by atoms with Gasteiger partial charge in [-0.1, -0.05) is 13.8 Å². The molecule has 0 aromatic carbocycles. The summed E-state index contributed by atoms with van der Waals surface area (Å²) >= 11 is 0. The molecule has 1 aliphatic heterocycles. The van der Waals surface area contributed by atoms with Crippen LogP contribution in [-0.4, -0.2) is 40.8 Å². The number of anilines is 2. The minimum absolute atomic E-state index is 0.273. The van der Waals surface area contributed by atoms with Gasteiger partial charge in [-0.05, 0) is 32.6 Å². The second kappa shape index (κ2) is 6.39. The summed E-state index contributed by atoms with van der Waals surface area (Å²) in [7, 11) is 0. The lowest BCUT2D eigenvalue weighted by molar-refractivity contribution is 0.102. The molecule has 2 atom stereocenters. The molecule has 112 valence electrons. The minimum atomic E-state index is -0.273. The van der Waals surface area contributed by atoms with E-state index >= 15 is 0 Å². The average Bonchev–Trinajstić information content (AvgIpc) is 2.42. The normalized spacial score (nSPS) is 22.9. The first-order valence-corrected chi connectivity index (χ1v) is 7.55. The zero-order chi connectivity index (χ0) is 14.7. The summed E-state index contributed by atoms with van der Waals surface area (Å²) in [4.78, 5) is 11.3. The van der Waals surface area contributed by atoms with Crippen LogP contribution < -0.4 is 10.2 Å². The van der Waals surface area contributed by atoms with Gasteiger partial charge in [-0.3, -0.25) is 0 Å². The van der Waals surface area contributed by atoms with E-state index in [4.69, 9.17) is 0 Å². The Balaban J connectivity index is 2.24. The maximum absolute atomic E-state index is 10.1. The smallest absolute Gasteiger partial charge is 0.137 e. The van der Waals surface area contributed by atoms with Crippen molar-refractivity contribution in [3.63, 3.8) is 0 Å². The summed E-state index contributed by atoms with van der Waals surface area (Å²) in [6.45, 7) is 10.7. The van der Waals surface area contributed by atoms with Gasteiger partial charge in [0.1, 0.15) is 17.5 Å². The van der Waals surface area contributed by atoms with Gasteiger partial charge in [0.25, 0.3) is 0 Å². The van der Waals surface area contributed by atoms with Crippen LogP contribution in [0.1, 0.15) is 38.1 Å². The number of nitrogens with one attached hydrogen (secondary N) is 1. The second-order valence-corrected chi connectivity index (χ2v) is 5.77. The van der Waals surface area contributed by atoms with Crippen molar-refractivity contribution in [1.29, 1.82) is 0 Å². The van der Waals surface area contributed by atoms with Crippen LogP contribution in [0.3, 0.4) is 0 Å². The Bertz CT molecular complexity index is 463. The van der Waals surface area contributed by atoms with Crippen LogP contribution in [0, 0.1) is 19.8 Å². The van der Waals surface area contributed by atoms with E-state index in [-0.39, 0.29) is 6.10 Å². The molecule has 5 nitrogen and oxygen atoms in total. The maximum atomic E-state index is 10.1. The van der Waals surface area contributed by atoms with E-state index in [9.17, 15) is 5.11 Å². The third kappa shape index (κ3) is 3.20. The van der Waals surface area contributed by atoms with Crippen molar-refractivity contribution in [2.45, 2.75) is 46.6 Å². The van der Waals surface area contributed by atoms with E-state index in [2.05, 4.69) is 41.0 Å². The zero-order valence-corrected chi connectivity index (χ0v) is 13.0. The lowest BCUT2D eigenvalue weighted by Crippen LogP contribution is -2.43. The summed E-state index contributed by atoms with van der Waals surface area (Å²) in [6, 6.07) is 0. The van der Waals surface area contributed by atoms with Gasteiger partial charge in [0.2, 0.25) is 0 Å². The Morgan fingerprint density at radius 1 is 1.35 bits per heavy atom. The van der Waals surface area contributed by atoms with Crippen LogP contribution in [0.25, 0.3) is 0 Å². The number of aliphatic hydroxyl groups is 1. The van der Waals surface area contributed by atoms with Crippen LogP contribution >= 0.6 is 0 Å². The van der Waals surface area contributed by atoms with Crippen molar-refractivity contribution in [3.05, 3.63) is 11.4 Å². The van der Waals surface area contributed by atoms with E-state index in [0.29, 0.717) is 12.5 Å². The molecule has 1 fully saturated rings. The Hall–Kier alpha value is -1.36. The molecule has 2 N–H and O–H groups in total. The van der Waals surface area contributed by atoms with Gasteiger partial charge in [-0.15, -0.1) is 0 Å². The van der Waals surface area contributed by atoms with E-state index in [0.717, 1.165) is 49.0 Å². The van der Waals surface area contributed by atoms with Crippen LogP contribution in [-0.2, 0) is 0 Å². The maximum Gasteiger partial charge on any atom is 0.137 e. The lowest BCUT2D eigenvalue weighted by atomic mass is 9.96. The number of piperidine rings is 1. The molecule has 0 radical (unpaired) electrons. The molecular weight excluding hydrogens is 252 g/mol. The Labute approximate surface area is 121 Å². The number of hydrogen-bond acceptors (Lipinski definition) is 5. The fraction of sp³-hybridized carbons (Fsp3) is 0.733. The Kier molecular flexibility index (Phi) is 4.81. The van der Waals surface area contributed by atoms with E-state index < -0.39 is 0 Å². The predicted octanol–water partition coefficient (Wildman–Crippen LogP) is 2.12. The van der Waals surface area contributed by atoms with E-state index in [1.165, 1.54) is 0 Å². The van der Waals surface area contributed by atoms with Crippen LogP contribution in [0.15, 0.2) is 0 Å². The molecule has 0 amide bonds. The van der Waals surface area contributed by atoms with Gasteiger partial charge >= 0.3 is 0 Å². The number of aliphatic hydroxyl groups excluding tert-OH is 1.